The third kappa shape index (κ3) is 3.98. The second-order valence-electron chi connectivity index (χ2n) is 3.34. The van der Waals surface area contributed by atoms with Crippen molar-refractivity contribution in [3.05, 3.63) is 35.4 Å². The Labute approximate surface area is 102 Å². The van der Waals surface area contributed by atoms with Gasteiger partial charge in [0.05, 0.1) is 7.11 Å². The van der Waals surface area contributed by atoms with Crippen LogP contribution < -0.4 is 5.73 Å². The zero-order chi connectivity index (χ0) is 12.8. The Bertz CT molecular complexity index is 381. The van der Waals surface area contributed by atoms with E-state index in [9.17, 15) is 13.6 Å². The van der Waals surface area contributed by atoms with Crippen molar-refractivity contribution in [2.24, 2.45) is 5.73 Å². The minimum absolute atomic E-state index is 0.00503. The number of nitrogens with two attached hydrogens (primary N) is 1. The quantitative estimate of drug-likeness (QED) is 0.820. The number of carbonyl (C=O) groups excluding carboxylic acids is 1. The third-order valence-electron chi connectivity index (χ3n) is 2.11. The van der Waals surface area contributed by atoms with Gasteiger partial charge in [0.1, 0.15) is 17.7 Å². The van der Waals surface area contributed by atoms with Gasteiger partial charge in [0.15, 0.2) is 0 Å². The van der Waals surface area contributed by atoms with Crippen molar-refractivity contribution < 1.29 is 18.3 Å². The Morgan fingerprint density at radius 3 is 2.59 bits per heavy atom. The van der Waals surface area contributed by atoms with Gasteiger partial charge < -0.3 is 10.5 Å². The summed E-state index contributed by atoms with van der Waals surface area (Å²) in [6, 6.07) is 2.91. The van der Waals surface area contributed by atoms with Crippen molar-refractivity contribution in [3.8, 4) is 0 Å². The highest BCUT2D eigenvalue weighted by Gasteiger charge is 2.15. The molecule has 3 nitrogen and oxygen atoms in total. The van der Waals surface area contributed by atoms with Crippen LogP contribution in [0.4, 0.5) is 8.78 Å². The molecule has 0 aliphatic rings. The van der Waals surface area contributed by atoms with Crippen LogP contribution in [0.1, 0.15) is 5.56 Å². The van der Waals surface area contributed by atoms with Gasteiger partial charge in [-0.05, 0) is 12.1 Å². The predicted octanol–water partition coefficient (Wildman–Crippen LogP) is 1.70. The summed E-state index contributed by atoms with van der Waals surface area (Å²) in [7, 11) is 1.24. The fourth-order valence-electron chi connectivity index (χ4n) is 1.18. The zero-order valence-corrected chi connectivity index (χ0v) is 10.1. The molecule has 1 aromatic carbocycles. The fourth-order valence-corrected chi connectivity index (χ4v) is 2.17. The number of benzene rings is 1. The van der Waals surface area contributed by atoms with Crippen LogP contribution in [0.25, 0.3) is 0 Å². The molecule has 17 heavy (non-hydrogen) atoms. The van der Waals surface area contributed by atoms with Gasteiger partial charge in [0, 0.05) is 17.1 Å². The van der Waals surface area contributed by atoms with Gasteiger partial charge in [-0.1, -0.05) is 6.07 Å². The molecule has 1 aromatic rings. The second-order valence-corrected chi connectivity index (χ2v) is 4.38. The number of thioether (sulfide) groups is 1. The molecule has 0 saturated carbocycles. The lowest BCUT2D eigenvalue weighted by Gasteiger charge is -2.09. The van der Waals surface area contributed by atoms with Gasteiger partial charge >= 0.3 is 5.97 Å². The SMILES string of the molecule is COC(=O)C(N)CSCc1c(F)cccc1F. The molecule has 0 aliphatic carbocycles. The standard InChI is InChI=1S/C11H13F2NO2S/c1-16-11(15)10(14)6-17-5-7-8(12)3-2-4-9(7)13/h2-4,10H,5-6,14H2,1H3. The maximum Gasteiger partial charge on any atom is 0.323 e. The molecule has 1 atom stereocenters. The number of hydrogen-bond acceptors (Lipinski definition) is 4. The van der Waals surface area contributed by atoms with Gasteiger partial charge in [-0.2, -0.15) is 11.8 Å². The number of rotatable bonds is 5. The van der Waals surface area contributed by atoms with E-state index in [1.54, 1.807) is 0 Å². The van der Waals surface area contributed by atoms with E-state index in [2.05, 4.69) is 4.74 Å². The molecule has 0 amide bonds. The molecule has 0 aromatic heterocycles. The van der Waals surface area contributed by atoms with Gasteiger partial charge in [0.2, 0.25) is 0 Å². The van der Waals surface area contributed by atoms with Crippen molar-refractivity contribution >= 4 is 17.7 Å². The summed E-state index contributed by atoms with van der Waals surface area (Å²) in [6.07, 6.45) is 0. The molecule has 1 unspecified atom stereocenters. The first-order valence-corrected chi connectivity index (χ1v) is 6.05. The van der Waals surface area contributed by atoms with Crippen molar-refractivity contribution in [2.45, 2.75) is 11.8 Å². The summed E-state index contributed by atoms with van der Waals surface area (Å²) in [5, 5.41) is 0. The molecule has 94 valence electrons. The number of methoxy groups -OCH3 is 1. The van der Waals surface area contributed by atoms with Crippen molar-refractivity contribution in [1.82, 2.24) is 0 Å². The van der Waals surface area contributed by atoms with E-state index in [1.165, 1.54) is 37.1 Å². The number of hydrogen-bond donors (Lipinski definition) is 1. The lowest BCUT2D eigenvalue weighted by atomic mass is 10.2. The minimum atomic E-state index is -0.778. The molecule has 0 radical (unpaired) electrons. The Balaban J connectivity index is 2.49. The van der Waals surface area contributed by atoms with Crippen LogP contribution in [0.3, 0.4) is 0 Å². The molecule has 0 aliphatic heterocycles. The van der Waals surface area contributed by atoms with Crippen LogP contribution >= 0.6 is 11.8 Å². The predicted molar refractivity (Wildman–Crippen MR) is 62.5 cm³/mol. The van der Waals surface area contributed by atoms with Crippen molar-refractivity contribution in [1.29, 1.82) is 0 Å². The molecule has 2 N–H and O–H groups in total. The summed E-state index contributed by atoms with van der Waals surface area (Å²) in [5.74, 6) is -1.34. The monoisotopic (exact) mass is 261 g/mol. The molecular weight excluding hydrogens is 248 g/mol. The van der Waals surface area contributed by atoms with Gasteiger partial charge in [-0.3, -0.25) is 4.79 Å². The normalized spacial score (nSPS) is 12.2. The number of ether oxygens (including phenoxy) is 1. The van der Waals surface area contributed by atoms with Crippen LogP contribution in [-0.4, -0.2) is 24.9 Å². The maximum atomic E-state index is 13.2. The van der Waals surface area contributed by atoms with Gasteiger partial charge in [-0.25, -0.2) is 8.78 Å². The van der Waals surface area contributed by atoms with Crippen molar-refractivity contribution in [2.75, 3.05) is 12.9 Å². The van der Waals surface area contributed by atoms with Gasteiger partial charge in [0.25, 0.3) is 0 Å². The summed E-state index contributed by atoms with van der Waals surface area (Å²) in [4.78, 5) is 11.0. The van der Waals surface area contributed by atoms with E-state index in [0.717, 1.165) is 0 Å². The Hall–Kier alpha value is -1.14. The third-order valence-corrected chi connectivity index (χ3v) is 3.20. The maximum absolute atomic E-state index is 13.2. The average molecular weight is 261 g/mol. The fraction of sp³-hybridized carbons (Fsp3) is 0.364. The Morgan fingerprint density at radius 1 is 1.47 bits per heavy atom. The summed E-state index contributed by atoms with van der Waals surface area (Å²) < 4.78 is 30.9. The smallest absolute Gasteiger partial charge is 0.323 e. The van der Waals surface area contributed by atoms with E-state index in [4.69, 9.17) is 5.73 Å². The molecule has 0 heterocycles. The van der Waals surface area contributed by atoms with E-state index in [-0.39, 0.29) is 17.1 Å². The number of esters is 1. The largest absolute Gasteiger partial charge is 0.468 e. The summed E-state index contributed by atoms with van der Waals surface area (Å²) in [5.41, 5.74) is 5.48. The Kier molecular flexibility index (Phi) is 5.37. The molecule has 1 rings (SSSR count). The van der Waals surface area contributed by atoms with Crippen LogP contribution in [0.15, 0.2) is 18.2 Å². The lowest BCUT2D eigenvalue weighted by Crippen LogP contribution is -2.33. The molecule has 6 heteroatoms. The van der Waals surface area contributed by atoms with E-state index < -0.39 is 23.6 Å². The van der Waals surface area contributed by atoms with E-state index in [1.807, 2.05) is 0 Å². The summed E-state index contributed by atoms with van der Waals surface area (Å²) >= 11 is 1.18. The van der Waals surface area contributed by atoms with Gasteiger partial charge in [-0.15, -0.1) is 0 Å². The molecule has 0 bridgehead atoms. The Morgan fingerprint density at radius 2 is 2.06 bits per heavy atom. The van der Waals surface area contributed by atoms with Crippen LogP contribution in [0.5, 0.6) is 0 Å². The first-order valence-electron chi connectivity index (χ1n) is 4.90. The summed E-state index contributed by atoms with van der Waals surface area (Å²) in [6.45, 7) is 0. The van der Waals surface area contributed by atoms with Crippen LogP contribution in [-0.2, 0) is 15.3 Å². The van der Waals surface area contributed by atoms with Crippen molar-refractivity contribution in [3.63, 3.8) is 0 Å². The molecule has 0 fully saturated rings. The number of carbonyl (C=O) groups is 1. The average Bonchev–Trinajstić information content (AvgIpc) is 2.31. The first-order chi connectivity index (χ1) is 8.06. The molecule has 0 spiro atoms. The van der Waals surface area contributed by atoms with Crippen LogP contribution in [0.2, 0.25) is 0 Å². The second kappa shape index (κ2) is 6.56. The highest BCUT2D eigenvalue weighted by molar-refractivity contribution is 7.98. The molecule has 0 saturated heterocycles. The molecular formula is C11H13F2NO2S. The van der Waals surface area contributed by atoms with Crippen LogP contribution in [0, 0.1) is 11.6 Å². The van der Waals surface area contributed by atoms with E-state index >= 15 is 0 Å². The topological polar surface area (TPSA) is 52.3 Å². The highest BCUT2D eigenvalue weighted by atomic mass is 32.2. The van der Waals surface area contributed by atoms with E-state index in [0.29, 0.717) is 0 Å². The number of halogens is 2. The lowest BCUT2D eigenvalue weighted by molar-refractivity contribution is -0.141. The highest BCUT2D eigenvalue weighted by Crippen LogP contribution is 2.19. The zero-order valence-electron chi connectivity index (χ0n) is 9.28. The first kappa shape index (κ1) is 13.9. The minimum Gasteiger partial charge on any atom is -0.468 e.